The van der Waals surface area contributed by atoms with E-state index >= 15 is 0 Å². The highest BCUT2D eigenvalue weighted by molar-refractivity contribution is 5.64. The fourth-order valence-corrected chi connectivity index (χ4v) is 1.85. The van der Waals surface area contributed by atoms with Crippen molar-refractivity contribution in [3.05, 3.63) is 42.0 Å². The summed E-state index contributed by atoms with van der Waals surface area (Å²) in [4.78, 5) is 1.61. The smallest absolute Gasteiger partial charge is 0.106 e. The number of aliphatic hydroxyl groups excluding tert-OH is 2. The topological polar surface area (TPSA) is 43.7 Å². The summed E-state index contributed by atoms with van der Waals surface area (Å²) in [6.07, 6.45) is -1.37. The molecule has 0 aliphatic rings. The van der Waals surface area contributed by atoms with E-state index in [2.05, 4.69) is 6.58 Å². The van der Waals surface area contributed by atoms with E-state index in [9.17, 15) is 10.2 Å². The fraction of sp³-hybridized carbons (Fsp3) is 0.429. The van der Waals surface area contributed by atoms with E-state index in [1.54, 1.807) is 18.7 Å². The number of benzene rings is 1. The minimum absolute atomic E-state index is 0.498. The highest BCUT2D eigenvalue weighted by Gasteiger charge is 2.17. The molecule has 0 saturated heterocycles. The Hall–Kier alpha value is -1.16. The zero-order chi connectivity index (χ0) is 13.0. The number of hydrogen-bond acceptors (Lipinski definition) is 3. The molecule has 1 aromatic rings. The van der Waals surface area contributed by atoms with Gasteiger partial charge in [0.15, 0.2) is 0 Å². The van der Waals surface area contributed by atoms with E-state index in [4.69, 9.17) is 0 Å². The summed E-state index contributed by atoms with van der Waals surface area (Å²) >= 11 is 0. The van der Waals surface area contributed by atoms with Crippen molar-refractivity contribution in [1.29, 1.82) is 0 Å². The van der Waals surface area contributed by atoms with Gasteiger partial charge in [-0.1, -0.05) is 36.4 Å². The average molecular weight is 235 g/mol. The minimum atomic E-state index is -0.687. The zero-order valence-electron chi connectivity index (χ0n) is 10.7. The summed E-state index contributed by atoms with van der Waals surface area (Å²) in [7, 11) is 0. The van der Waals surface area contributed by atoms with Gasteiger partial charge in [-0.15, -0.1) is 0 Å². The van der Waals surface area contributed by atoms with Gasteiger partial charge in [-0.25, -0.2) is 4.90 Å². The van der Waals surface area contributed by atoms with E-state index < -0.39 is 12.5 Å². The van der Waals surface area contributed by atoms with Crippen LogP contribution in [-0.2, 0) is 6.54 Å². The van der Waals surface area contributed by atoms with Gasteiger partial charge >= 0.3 is 0 Å². The lowest BCUT2D eigenvalue weighted by Gasteiger charge is -2.29. The molecule has 0 aliphatic carbocycles. The zero-order valence-corrected chi connectivity index (χ0v) is 10.7. The maximum Gasteiger partial charge on any atom is 0.106 e. The van der Waals surface area contributed by atoms with Crippen LogP contribution in [0.5, 0.6) is 0 Å². The van der Waals surface area contributed by atoms with E-state index in [0.717, 1.165) is 16.7 Å². The largest absolute Gasteiger partial charge is 0.379 e. The maximum absolute atomic E-state index is 9.62. The number of hydrogen-bond donors (Lipinski definition) is 2. The van der Waals surface area contributed by atoms with Crippen molar-refractivity contribution < 1.29 is 10.2 Å². The van der Waals surface area contributed by atoms with Crippen molar-refractivity contribution >= 4 is 5.57 Å². The Morgan fingerprint density at radius 1 is 1.24 bits per heavy atom. The Kier molecular flexibility index (Phi) is 4.87. The minimum Gasteiger partial charge on any atom is -0.379 e. The van der Waals surface area contributed by atoms with Crippen LogP contribution in [0.3, 0.4) is 0 Å². The molecule has 0 spiro atoms. The van der Waals surface area contributed by atoms with Gasteiger partial charge in [0.25, 0.3) is 0 Å². The third-order valence-electron chi connectivity index (χ3n) is 2.79. The monoisotopic (exact) mass is 235 g/mol. The first-order chi connectivity index (χ1) is 7.93. The molecule has 0 bridgehead atoms. The van der Waals surface area contributed by atoms with Gasteiger partial charge in [-0.2, -0.15) is 0 Å². The first-order valence-electron chi connectivity index (χ1n) is 5.79. The second kappa shape index (κ2) is 5.96. The Balaban J connectivity index is 2.97. The van der Waals surface area contributed by atoms with E-state index in [-0.39, 0.29) is 0 Å². The molecule has 1 aromatic carbocycles. The van der Waals surface area contributed by atoms with Crippen molar-refractivity contribution in [2.24, 2.45) is 0 Å². The van der Waals surface area contributed by atoms with Crippen LogP contribution in [0.4, 0.5) is 0 Å². The summed E-state index contributed by atoms with van der Waals surface area (Å²) in [5, 5.41) is 19.2. The first-order valence-corrected chi connectivity index (χ1v) is 5.79. The SMILES string of the molecule is C=C(C)c1ccccc1CN(C(C)O)C(C)O. The molecular formula is C14H21NO2. The summed E-state index contributed by atoms with van der Waals surface area (Å²) in [5.74, 6) is 0. The summed E-state index contributed by atoms with van der Waals surface area (Å²) in [6, 6.07) is 7.90. The van der Waals surface area contributed by atoms with Crippen molar-refractivity contribution in [2.75, 3.05) is 0 Å². The maximum atomic E-state index is 9.62. The third kappa shape index (κ3) is 3.66. The lowest BCUT2D eigenvalue weighted by Crippen LogP contribution is -2.39. The molecule has 1 rings (SSSR count). The Bertz CT molecular complexity index is 378. The van der Waals surface area contributed by atoms with Crippen LogP contribution in [0.25, 0.3) is 5.57 Å². The van der Waals surface area contributed by atoms with Gasteiger partial charge < -0.3 is 10.2 Å². The molecule has 94 valence electrons. The second-order valence-electron chi connectivity index (χ2n) is 4.37. The number of rotatable bonds is 5. The first kappa shape index (κ1) is 13.9. The van der Waals surface area contributed by atoms with Crippen LogP contribution in [0.2, 0.25) is 0 Å². The van der Waals surface area contributed by atoms with Crippen molar-refractivity contribution in [3.63, 3.8) is 0 Å². The molecular weight excluding hydrogens is 214 g/mol. The van der Waals surface area contributed by atoms with Crippen LogP contribution in [-0.4, -0.2) is 27.6 Å². The molecule has 0 heterocycles. The molecule has 0 aromatic heterocycles. The van der Waals surface area contributed by atoms with Crippen LogP contribution >= 0.6 is 0 Å². The van der Waals surface area contributed by atoms with Gasteiger partial charge in [-0.05, 0) is 31.9 Å². The molecule has 0 amide bonds. The van der Waals surface area contributed by atoms with Gasteiger partial charge in [0.2, 0.25) is 0 Å². The van der Waals surface area contributed by atoms with Crippen LogP contribution < -0.4 is 0 Å². The normalized spacial score (nSPS) is 14.7. The Morgan fingerprint density at radius 3 is 2.24 bits per heavy atom. The van der Waals surface area contributed by atoms with Crippen molar-refractivity contribution in [1.82, 2.24) is 4.90 Å². The molecule has 17 heavy (non-hydrogen) atoms. The molecule has 0 fully saturated rings. The molecule has 2 atom stereocenters. The Labute approximate surface area is 103 Å². The number of allylic oxidation sites excluding steroid dienone is 1. The molecule has 3 nitrogen and oxygen atoms in total. The summed E-state index contributed by atoms with van der Waals surface area (Å²) in [5.41, 5.74) is 3.11. The van der Waals surface area contributed by atoms with Crippen LogP contribution in [0.1, 0.15) is 31.9 Å². The highest BCUT2D eigenvalue weighted by Crippen LogP contribution is 2.20. The van der Waals surface area contributed by atoms with Gasteiger partial charge in [0, 0.05) is 6.54 Å². The molecule has 2 unspecified atom stereocenters. The van der Waals surface area contributed by atoms with Gasteiger partial charge in [-0.3, -0.25) is 0 Å². The van der Waals surface area contributed by atoms with Gasteiger partial charge in [0.05, 0.1) is 0 Å². The lowest BCUT2D eigenvalue weighted by molar-refractivity contribution is -0.0897. The van der Waals surface area contributed by atoms with E-state index in [0.29, 0.717) is 6.54 Å². The summed E-state index contributed by atoms with van der Waals surface area (Å²) < 4.78 is 0. The van der Waals surface area contributed by atoms with Crippen molar-refractivity contribution in [3.8, 4) is 0 Å². The predicted octanol–water partition coefficient (Wildman–Crippen LogP) is 2.20. The quantitative estimate of drug-likeness (QED) is 0.769. The molecule has 0 radical (unpaired) electrons. The second-order valence-corrected chi connectivity index (χ2v) is 4.37. The molecule has 3 heteroatoms. The van der Waals surface area contributed by atoms with Crippen LogP contribution in [0.15, 0.2) is 30.8 Å². The average Bonchev–Trinajstić information content (AvgIpc) is 2.25. The van der Waals surface area contributed by atoms with Gasteiger partial charge in [0.1, 0.15) is 12.5 Å². The van der Waals surface area contributed by atoms with E-state index in [1.165, 1.54) is 0 Å². The van der Waals surface area contributed by atoms with E-state index in [1.807, 2.05) is 31.2 Å². The predicted molar refractivity (Wildman–Crippen MR) is 70.1 cm³/mol. The standard InChI is InChI=1S/C14H21NO2/c1-10(2)14-8-6-5-7-13(14)9-15(11(3)16)12(4)17/h5-8,11-12,16-17H,1,9H2,2-4H3. The highest BCUT2D eigenvalue weighted by atomic mass is 16.3. The number of aliphatic hydroxyl groups is 2. The molecule has 2 N–H and O–H groups in total. The Morgan fingerprint density at radius 2 is 1.76 bits per heavy atom. The third-order valence-corrected chi connectivity index (χ3v) is 2.79. The number of nitrogens with zero attached hydrogens (tertiary/aromatic N) is 1. The fourth-order valence-electron chi connectivity index (χ4n) is 1.85. The summed E-state index contributed by atoms with van der Waals surface area (Å²) in [6.45, 7) is 9.69. The lowest BCUT2D eigenvalue weighted by atomic mass is 10.0. The van der Waals surface area contributed by atoms with Crippen molar-refractivity contribution in [2.45, 2.75) is 39.8 Å². The molecule has 0 aliphatic heterocycles. The molecule has 0 saturated carbocycles. The van der Waals surface area contributed by atoms with Crippen LogP contribution in [0, 0.1) is 0 Å².